The Morgan fingerprint density at radius 3 is 2.95 bits per heavy atom. The van der Waals surface area contributed by atoms with E-state index in [9.17, 15) is 4.79 Å². The number of fused-ring (bicyclic) bond motifs is 1. The highest BCUT2D eigenvalue weighted by molar-refractivity contribution is 9.10. The highest BCUT2D eigenvalue weighted by Gasteiger charge is 2.30. The number of amides is 1. The van der Waals surface area contributed by atoms with E-state index >= 15 is 0 Å². The standard InChI is InChI=1S/C14H12BrN5OS/c1-7-6-9(15)4-5-10(7)16-12(21)13-19-20-11(8-2-3-8)17-18-14(20)22-13/h4-6,8H,2-3H2,1H3,(H,16,21). The van der Waals surface area contributed by atoms with Crippen LogP contribution in [0.4, 0.5) is 5.69 Å². The van der Waals surface area contributed by atoms with Crippen LogP contribution in [-0.2, 0) is 0 Å². The lowest BCUT2D eigenvalue weighted by atomic mass is 10.2. The van der Waals surface area contributed by atoms with Crippen LogP contribution in [0.15, 0.2) is 22.7 Å². The molecular formula is C14H12BrN5OS. The SMILES string of the molecule is Cc1cc(Br)ccc1NC(=O)c1nn2c(C3CC3)nnc2s1. The van der Waals surface area contributed by atoms with E-state index in [4.69, 9.17) is 0 Å². The van der Waals surface area contributed by atoms with E-state index in [-0.39, 0.29) is 5.91 Å². The molecule has 0 saturated heterocycles. The van der Waals surface area contributed by atoms with Gasteiger partial charge in [-0.15, -0.1) is 15.3 Å². The lowest BCUT2D eigenvalue weighted by Gasteiger charge is -2.06. The highest BCUT2D eigenvalue weighted by atomic mass is 79.9. The fourth-order valence-electron chi connectivity index (χ4n) is 2.26. The van der Waals surface area contributed by atoms with E-state index in [0.29, 0.717) is 15.9 Å². The lowest BCUT2D eigenvalue weighted by molar-refractivity contribution is 0.102. The number of aromatic nitrogens is 4. The number of halogens is 1. The zero-order chi connectivity index (χ0) is 15.3. The maximum atomic E-state index is 12.4. The molecule has 1 N–H and O–H groups in total. The minimum atomic E-state index is -0.220. The van der Waals surface area contributed by atoms with Crippen LogP contribution in [0.3, 0.4) is 0 Å². The molecule has 6 nitrogen and oxygen atoms in total. The quantitative estimate of drug-likeness (QED) is 0.759. The van der Waals surface area contributed by atoms with Crippen molar-refractivity contribution in [2.45, 2.75) is 25.7 Å². The maximum Gasteiger partial charge on any atom is 0.286 e. The minimum Gasteiger partial charge on any atom is -0.320 e. The van der Waals surface area contributed by atoms with Crippen LogP contribution in [-0.4, -0.2) is 25.7 Å². The molecule has 1 saturated carbocycles. The van der Waals surface area contributed by atoms with Crippen LogP contribution in [0.2, 0.25) is 0 Å². The summed E-state index contributed by atoms with van der Waals surface area (Å²) in [5.74, 6) is 1.09. The van der Waals surface area contributed by atoms with Crippen LogP contribution < -0.4 is 5.32 Å². The summed E-state index contributed by atoms with van der Waals surface area (Å²) >= 11 is 4.67. The second kappa shape index (κ2) is 5.13. The predicted molar refractivity (Wildman–Crippen MR) is 87.5 cm³/mol. The van der Waals surface area contributed by atoms with Gasteiger partial charge in [-0.2, -0.15) is 4.52 Å². The molecule has 1 fully saturated rings. The monoisotopic (exact) mass is 377 g/mol. The molecule has 3 aromatic rings. The van der Waals surface area contributed by atoms with Gasteiger partial charge in [0, 0.05) is 16.1 Å². The molecule has 0 radical (unpaired) electrons. The number of aryl methyl sites for hydroxylation is 1. The van der Waals surface area contributed by atoms with Crippen LogP contribution in [0.1, 0.15) is 39.9 Å². The summed E-state index contributed by atoms with van der Waals surface area (Å²) in [6.45, 7) is 1.95. The first-order valence-corrected chi connectivity index (χ1v) is 8.52. The van der Waals surface area contributed by atoms with Crippen molar-refractivity contribution in [3.63, 3.8) is 0 Å². The van der Waals surface area contributed by atoms with Gasteiger partial charge in [-0.1, -0.05) is 27.3 Å². The highest BCUT2D eigenvalue weighted by Crippen LogP contribution is 2.39. The van der Waals surface area contributed by atoms with Crippen molar-refractivity contribution in [1.82, 2.24) is 19.8 Å². The largest absolute Gasteiger partial charge is 0.320 e. The molecule has 0 bridgehead atoms. The van der Waals surface area contributed by atoms with Crippen molar-refractivity contribution in [3.05, 3.63) is 39.1 Å². The van der Waals surface area contributed by atoms with Crippen molar-refractivity contribution in [3.8, 4) is 0 Å². The Morgan fingerprint density at radius 2 is 2.23 bits per heavy atom. The summed E-state index contributed by atoms with van der Waals surface area (Å²) in [6.07, 6.45) is 2.25. The molecule has 2 heterocycles. The molecule has 1 aliphatic rings. The zero-order valence-corrected chi connectivity index (χ0v) is 14.1. The Bertz CT molecular complexity index is 883. The van der Waals surface area contributed by atoms with E-state index in [0.717, 1.165) is 34.4 Å². The van der Waals surface area contributed by atoms with E-state index in [1.807, 2.05) is 25.1 Å². The van der Waals surface area contributed by atoms with Crippen molar-refractivity contribution in [1.29, 1.82) is 0 Å². The minimum absolute atomic E-state index is 0.220. The number of carbonyl (C=O) groups is 1. The summed E-state index contributed by atoms with van der Waals surface area (Å²) in [7, 11) is 0. The Kier molecular flexibility index (Phi) is 3.23. The third-order valence-electron chi connectivity index (χ3n) is 3.59. The molecule has 4 rings (SSSR count). The number of carbonyl (C=O) groups excluding carboxylic acids is 1. The lowest BCUT2D eigenvalue weighted by Crippen LogP contribution is -2.13. The van der Waals surface area contributed by atoms with Crippen molar-refractivity contribution in [2.75, 3.05) is 5.32 Å². The van der Waals surface area contributed by atoms with Gasteiger partial charge in [0.15, 0.2) is 5.82 Å². The number of hydrogen-bond acceptors (Lipinski definition) is 5. The van der Waals surface area contributed by atoms with Crippen molar-refractivity contribution < 1.29 is 4.79 Å². The van der Waals surface area contributed by atoms with Gasteiger partial charge < -0.3 is 5.32 Å². The summed E-state index contributed by atoms with van der Waals surface area (Å²) < 4.78 is 2.68. The van der Waals surface area contributed by atoms with Crippen LogP contribution in [0.5, 0.6) is 0 Å². The second-order valence-electron chi connectivity index (χ2n) is 5.35. The summed E-state index contributed by atoms with van der Waals surface area (Å²) in [5.41, 5.74) is 1.77. The van der Waals surface area contributed by atoms with Gasteiger partial charge in [0.1, 0.15) is 0 Å². The summed E-state index contributed by atoms with van der Waals surface area (Å²) in [5, 5.41) is 15.9. The molecular weight excluding hydrogens is 366 g/mol. The van der Waals surface area contributed by atoms with Crippen molar-refractivity contribution in [2.24, 2.45) is 0 Å². The fraction of sp³-hybridized carbons (Fsp3) is 0.286. The van der Waals surface area contributed by atoms with E-state index in [2.05, 4.69) is 36.5 Å². The first-order valence-electron chi connectivity index (χ1n) is 6.91. The van der Waals surface area contributed by atoms with Gasteiger partial charge in [0.25, 0.3) is 5.91 Å². The van der Waals surface area contributed by atoms with Gasteiger partial charge in [0.2, 0.25) is 9.97 Å². The smallest absolute Gasteiger partial charge is 0.286 e. The summed E-state index contributed by atoms with van der Waals surface area (Å²) in [4.78, 5) is 13.0. The maximum absolute atomic E-state index is 12.4. The average Bonchev–Trinajstić information content (AvgIpc) is 3.10. The van der Waals surface area contributed by atoms with Crippen LogP contribution in [0.25, 0.3) is 4.96 Å². The molecule has 1 aromatic carbocycles. The third kappa shape index (κ3) is 2.42. The van der Waals surface area contributed by atoms with E-state index in [1.165, 1.54) is 11.3 Å². The van der Waals surface area contributed by atoms with Gasteiger partial charge in [-0.3, -0.25) is 4.79 Å². The van der Waals surface area contributed by atoms with Gasteiger partial charge >= 0.3 is 0 Å². The molecule has 1 aliphatic carbocycles. The molecule has 1 amide bonds. The number of hydrogen-bond donors (Lipinski definition) is 1. The number of rotatable bonds is 3. The zero-order valence-electron chi connectivity index (χ0n) is 11.7. The Labute approximate surface area is 138 Å². The van der Waals surface area contributed by atoms with Crippen LogP contribution in [0, 0.1) is 6.92 Å². The number of benzene rings is 1. The Morgan fingerprint density at radius 1 is 1.41 bits per heavy atom. The normalized spacial score (nSPS) is 14.5. The summed E-state index contributed by atoms with van der Waals surface area (Å²) in [6, 6.07) is 5.72. The molecule has 22 heavy (non-hydrogen) atoms. The molecule has 0 atom stereocenters. The first-order chi connectivity index (χ1) is 10.6. The number of anilines is 1. The molecule has 112 valence electrons. The van der Waals surface area contributed by atoms with Crippen molar-refractivity contribution >= 4 is 43.8 Å². The molecule has 0 spiro atoms. The number of nitrogens with zero attached hydrogens (tertiary/aromatic N) is 4. The van der Waals surface area contributed by atoms with Gasteiger partial charge in [-0.05, 0) is 43.5 Å². The molecule has 0 unspecified atom stereocenters. The first kappa shape index (κ1) is 13.8. The average molecular weight is 378 g/mol. The van der Waals surface area contributed by atoms with E-state index in [1.54, 1.807) is 4.52 Å². The van der Waals surface area contributed by atoms with E-state index < -0.39 is 0 Å². The Balaban J connectivity index is 1.62. The third-order valence-corrected chi connectivity index (χ3v) is 4.98. The Hall–Kier alpha value is -1.80. The second-order valence-corrected chi connectivity index (χ2v) is 7.22. The topological polar surface area (TPSA) is 72.2 Å². The van der Waals surface area contributed by atoms with Crippen LogP contribution >= 0.6 is 27.3 Å². The van der Waals surface area contributed by atoms with Gasteiger partial charge in [0.05, 0.1) is 0 Å². The predicted octanol–water partition coefficient (Wildman–Crippen LogP) is 3.39. The fourth-order valence-corrected chi connectivity index (χ4v) is 3.48. The molecule has 8 heteroatoms. The molecule has 0 aliphatic heterocycles. The number of nitrogens with one attached hydrogen (secondary N) is 1. The molecule has 2 aromatic heterocycles. The van der Waals surface area contributed by atoms with Gasteiger partial charge in [-0.25, -0.2) is 0 Å².